The summed E-state index contributed by atoms with van der Waals surface area (Å²) in [6, 6.07) is 7.31. The third-order valence-electron chi connectivity index (χ3n) is 1.90. The van der Waals surface area contributed by atoms with Gasteiger partial charge >= 0.3 is 0 Å². The normalized spacial score (nSPS) is 10.2. The molecule has 5 heteroatoms. The standard InChI is InChI=1S/C10H12N4O/c1-7-5-8(14-15-7)6-12-10-4-2-3-9(11)13-10/h2-5H,6H2,1H3,(H3,11,12,13). The van der Waals surface area contributed by atoms with E-state index in [0.717, 1.165) is 17.3 Å². The Kier molecular flexibility index (Phi) is 2.53. The van der Waals surface area contributed by atoms with E-state index in [4.69, 9.17) is 10.3 Å². The van der Waals surface area contributed by atoms with Crippen molar-refractivity contribution in [3.8, 4) is 0 Å². The lowest BCUT2D eigenvalue weighted by Crippen LogP contribution is -2.02. The molecular formula is C10H12N4O. The second-order valence-corrected chi connectivity index (χ2v) is 3.23. The SMILES string of the molecule is Cc1cc(CNc2cccc(N)n2)no1. The zero-order valence-corrected chi connectivity index (χ0v) is 8.40. The first-order chi connectivity index (χ1) is 7.24. The number of aromatic nitrogens is 2. The average Bonchev–Trinajstić information content (AvgIpc) is 2.62. The summed E-state index contributed by atoms with van der Waals surface area (Å²) in [4.78, 5) is 4.10. The van der Waals surface area contributed by atoms with Gasteiger partial charge in [-0.25, -0.2) is 4.98 Å². The molecule has 78 valence electrons. The molecule has 0 fully saturated rings. The van der Waals surface area contributed by atoms with E-state index < -0.39 is 0 Å². The van der Waals surface area contributed by atoms with Crippen LogP contribution in [0.15, 0.2) is 28.8 Å². The van der Waals surface area contributed by atoms with Crippen LogP contribution in [-0.4, -0.2) is 10.1 Å². The Hall–Kier alpha value is -2.04. The van der Waals surface area contributed by atoms with Gasteiger partial charge in [-0.05, 0) is 19.1 Å². The summed E-state index contributed by atoms with van der Waals surface area (Å²) >= 11 is 0. The number of aryl methyl sites for hydroxylation is 1. The van der Waals surface area contributed by atoms with Crippen molar-refractivity contribution in [2.24, 2.45) is 0 Å². The van der Waals surface area contributed by atoms with Crippen LogP contribution in [0.25, 0.3) is 0 Å². The molecule has 0 aliphatic carbocycles. The molecule has 2 rings (SSSR count). The number of nitrogens with two attached hydrogens (primary N) is 1. The van der Waals surface area contributed by atoms with Crippen molar-refractivity contribution in [3.63, 3.8) is 0 Å². The van der Waals surface area contributed by atoms with Crippen molar-refractivity contribution < 1.29 is 4.52 Å². The molecule has 0 atom stereocenters. The molecule has 0 saturated carbocycles. The number of rotatable bonds is 3. The number of anilines is 2. The summed E-state index contributed by atoms with van der Waals surface area (Å²) in [6.07, 6.45) is 0. The molecule has 0 spiro atoms. The van der Waals surface area contributed by atoms with Crippen LogP contribution in [0.3, 0.4) is 0 Å². The lowest BCUT2D eigenvalue weighted by atomic mass is 10.3. The summed E-state index contributed by atoms with van der Waals surface area (Å²) in [5, 5.41) is 6.96. The molecule has 2 aromatic heterocycles. The lowest BCUT2D eigenvalue weighted by Gasteiger charge is -2.02. The quantitative estimate of drug-likeness (QED) is 0.793. The van der Waals surface area contributed by atoms with Crippen LogP contribution in [0.1, 0.15) is 11.5 Å². The van der Waals surface area contributed by atoms with Crippen molar-refractivity contribution in [2.45, 2.75) is 13.5 Å². The predicted molar refractivity (Wildman–Crippen MR) is 57.2 cm³/mol. The van der Waals surface area contributed by atoms with Crippen LogP contribution in [0, 0.1) is 6.92 Å². The third kappa shape index (κ3) is 2.46. The molecule has 5 nitrogen and oxygen atoms in total. The second-order valence-electron chi connectivity index (χ2n) is 3.23. The molecular weight excluding hydrogens is 192 g/mol. The van der Waals surface area contributed by atoms with Crippen LogP contribution in [-0.2, 0) is 6.54 Å². The maximum absolute atomic E-state index is 5.55. The minimum absolute atomic E-state index is 0.497. The Morgan fingerprint density at radius 3 is 3.00 bits per heavy atom. The fraction of sp³-hybridized carbons (Fsp3) is 0.200. The molecule has 0 amide bonds. The lowest BCUT2D eigenvalue weighted by molar-refractivity contribution is 0.391. The molecule has 0 aliphatic heterocycles. The monoisotopic (exact) mass is 204 g/mol. The van der Waals surface area contributed by atoms with Gasteiger partial charge in [0, 0.05) is 6.07 Å². The van der Waals surface area contributed by atoms with Crippen molar-refractivity contribution in [2.75, 3.05) is 11.1 Å². The molecule has 0 aliphatic rings. The van der Waals surface area contributed by atoms with Gasteiger partial charge in [0.1, 0.15) is 23.1 Å². The zero-order chi connectivity index (χ0) is 10.7. The van der Waals surface area contributed by atoms with Gasteiger partial charge in [0.05, 0.1) is 6.54 Å². The molecule has 0 bridgehead atoms. The fourth-order valence-electron chi connectivity index (χ4n) is 1.23. The summed E-state index contributed by atoms with van der Waals surface area (Å²) in [5.74, 6) is 2.03. The minimum Gasteiger partial charge on any atom is -0.384 e. The number of nitrogens with one attached hydrogen (secondary N) is 1. The number of pyridine rings is 1. The summed E-state index contributed by atoms with van der Waals surface area (Å²) in [5.41, 5.74) is 6.39. The topological polar surface area (TPSA) is 77.0 Å². The third-order valence-corrected chi connectivity index (χ3v) is 1.90. The maximum atomic E-state index is 5.55. The fourth-order valence-corrected chi connectivity index (χ4v) is 1.23. The molecule has 0 radical (unpaired) electrons. The highest BCUT2D eigenvalue weighted by atomic mass is 16.5. The zero-order valence-electron chi connectivity index (χ0n) is 8.40. The molecule has 2 aromatic rings. The molecule has 15 heavy (non-hydrogen) atoms. The number of hydrogen-bond donors (Lipinski definition) is 2. The van der Waals surface area contributed by atoms with Gasteiger partial charge < -0.3 is 15.6 Å². The summed E-state index contributed by atoms with van der Waals surface area (Å²) in [6.45, 7) is 2.43. The Balaban J connectivity index is 1.99. The van der Waals surface area contributed by atoms with Crippen LogP contribution in [0.4, 0.5) is 11.6 Å². The average molecular weight is 204 g/mol. The van der Waals surface area contributed by atoms with Gasteiger partial charge in [0.15, 0.2) is 0 Å². The molecule has 0 aromatic carbocycles. The van der Waals surface area contributed by atoms with Gasteiger partial charge in [-0.3, -0.25) is 0 Å². The first-order valence-corrected chi connectivity index (χ1v) is 4.62. The van der Waals surface area contributed by atoms with E-state index in [1.165, 1.54) is 0 Å². The second kappa shape index (κ2) is 4.00. The Morgan fingerprint density at radius 1 is 1.47 bits per heavy atom. The highest BCUT2D eigenvalue weighted by Gasteiger charge is 2.00. The Morgan fingerprint density at radius 2 is 2.33 bits per heavy atom. The number of nitrogens with zero attached hydrogens (tertiary/aromatic N) is 2. The molecule has 2 heterocycles. The van der Waals surface area contributed by atoms with E-state index in [-0.39, 0.29) is 0 Å². The van der Waals surface area contributed by atoms with E-state index in [1.54, 1.807) is 6.07 Å². The van der Waals surface area contributed by atoms with Crippen LogP contribution >= 0.6 is 0 Å². The van der Waals surface area contributed by atoms with Gasteiger partial charge in [0.2, 0.25) is 0 Å². The number of nitrogen functional groups attached to an aromatic ring is 1. The van der Waals surface area contributed by atoms with Crippen molar-refractivity contribution >= 4 is 11.6 Å². The van der Waals surface area contributed by atoms with Gasteiger partial charge in [-0.2, -0.15) is 0 Å². The van der Waals surface area contributed by atoms with Crippen molar-refractivity contribution in [1.82, 2.24) is 10.1 Å². The first kappa shape index (κ1) is 9.51. The van der Waals surface area contributed by atoms with Gasteiger partial charge in [0.25, 0.3) is 0 Å². The Labute approximate surface area is 87.3 Å². The van der Waals surface area contributed by atoms with Crippen molar-refractivity contribution in [3.05, 3.63) is 35.7 Å². The van der Waals surface area contributed by atoms with E-state index in [0.29, 0.717) is 12.4 Å². The van der Waals surface area contributed by atoms with E-state index in [9.17, 15) is 0 Å². The molecule has 3 N–H and O–H groups in total. The highest BCUT2D eigenvalue weighted by molar-refractivity contribution is 5.42. The van der Waals surface area contributed by atoms with Crippen LogP contribution < -0.4 is 11.1 Å². The minimum atomic E-state index is 0.497. The van der Waals surface area contributed by atoms with Crippen LogP contribution in [0.2, 0.25) is 0 Å². The highest BCUT2D eigenvalue weighted by Crippen LogP contribution is 2.08. The van der Waals surface area contributed by atoms with Crippen LogP contribution in [0.5, 0.6) is 0 Å². The predicted octanol–water partition coefficient (Wildman–Crippen LogP) is 1.57. The first-order valence-electron chi connectivity index (χ1n) is 4.62. The molecule has 0 saturated heterocycles. The van der Waals surface area contributed by atoms with Gasteiger partial charge in [-0.1, -0.05) is 11.2 Å². The summed E-state index contributed by atoms with van der Waals surface area (Å²) < 4.78 is 4.94. The Bertz CT molecular complexity index is 452. The van der Waals surface area contributed by atoms with Gasteiger partial charge in [-0.15, -0.1) is 0 Å². The largest absolute Gasteiger partial charge is 0.384 e. The number of hydrogen-bond acceptors (Lipinski definition) is 5. The van der Waals surface area contributed by atoms with Crippen molar-refractivity contribution in [1.29, 1.82) is 0 Å². The van der Waals surface area contributed by atoms with E-state index >= 15 is 0 Å². The smallest absolute Gasteiger partial charge is 0.133 e. The van der Waals surface area contributed by atoms with E-state index in [2.05, 4.69) is 15.5 Å². The summed E-state index contributed by atoms with van der Waals surface area (Å²) in [7, 11) is 0. The maximum Gasteiger partial charge on any atom is 0.133 e. The molecule has 0 unspecified atom stereocenters. The van der Waals surface area contributed by atoms with E-state index in [1.807, 2.05) is 25.1 Å².